The third-order valence-corrected chi connectivity index (χ3v) is 4.36. The van der Waals surface area contributed by atoms with Gasteiger partial charge >= 0.3 is 0 Å². The molecule has 1 aliphatic heterocycles. The zero-order valence-corrected chi connectivity index (χ0v) is 9.50. The van der Waals surface area contributed by atoms with Crippen LogP contribution in [0.5, 0.6) is 0 Å². The van der Waals surface area contributed by atoms with Gasteiger partial charge in [0.2, 0.25) is 0 Å². The second-order valence-electron chi connectivity index (χ2n) is 3.99. The summed E-state index contributed by atoms with van der Waals surface area (Å²) in [7, 11) is -2.86. The monoisotopic (exact) mass is 244 g/mol. The van der Waals surface area contributed by atoms with Crippen molar-refractivity contribution >= 4 is 9.84 Å². The van der Waals surface area contributed by atoms with Gasteiger partial charge in [0, 0.05) is 18.8 Å². The quantitative estimate of drug-likeness (QED) is 0.841. The van der Waals surface area contributed by atoms with Crippen molar-refractivity contribution < 1.29 is 12.8 Å². The van der Waals surface area contributed by atoms with E-state index in [4.69, 9.17) is 0 Å². The Kier molecular flexibility index (Phi) is 3.20. The normalized spacial score (nSPS) is 23.4. The summed E-state index contributed by atoms with van der Waals surface area (Å²) in [6, 6.07) is 1.37. The van der Waals surface area contributed by atoms with Gasteiger partial charge < -0.3 is 5.32 Å². The third-order valence-electron chi connectivity index (χ3n) is 2.59. The molecule has 0 spiro atoms. The molecule has 16 heavy (non-hydrogen) atoms. The van der Waals surface area contributed by atoms with Crippen LogP contribution in [0.3, 0.4) is 0 Å². The first-order valence-corrected chi connectivity index (χ1v) is 6.90. The Bertz CT molecular complexity index is 475. The Balaban J connectivity index is 1.89. The maximum absolute atomic E-state index is 12.8. The highest BCUT2D eigenvalue weighted by Gasteiger charge is 2.27. The molecule has 0 radical (unpaired) electrons. The van der Waals surface area contributed by atoms with E-state index < -0.39 is 9.84 Å². The number of nitrogens with one attached hydrogen (secondary N) is 1. The molecule has 6 heteroatoms. The molecule has 1 atom stereocenters. The van der Waals surface area contributed by atoms with Crippen molar-refractivity contribution in [2.45, 2.75) is 19.0 Å². The van der Waals surface area contributed by atoms with Gasteiger partial charge in [-0.05, 0) is 18.1 Å². The SMILES string of the molecule is O=S1(=O)CCC(NCc2cncc(F)c2)C1. The molecule has 1 aromatic heterocycles. The van der Waals surface area contributed by atoms with E-state index in [9.17, 15) is 12.8 Å². The molecule has 0 amide bonds. The van der Waals surface area contributed by atoms with E-state index in [1.165, 1.54) is 6.07 Å². The standard InChI is InChI=1S/C10H13FN2O2S/c11-9-3-8(4-12-6-9)5-13-10-1-2-16(14,15)7-10/h3-4,6,10,13H,1-2,5,7H2. The van der Waals surface area contributed by atoms with Gasteiger partial charge in [-0.15, -0.1) is 0 Å². The Labute approximate surface area is 93.8 Å². The summed E-state index contributed by atoms with van der Waals surface area (Å²) in [5.74, 6) is 0.0419. The lowest BCUT2D eigenvalue weighted by Gasteiger charge is -2.10. The molecular weight excluding hydrogens is 231 g/mol. The maximum Gasteiger partial charge on any atom is 0.151 e. The summed E-state index contributed by atoms with van der Waals surface area (Å²) in [5, 5.41) is 3.09. The molecule has 0 aliphatic carbocycles. The number of rotatable bonds is 3. The number of sulfone groups is 1. The Hall–Kier alpha value is -1.01. The number of nitrogens with zero attached hydrogens (tertiary/aromatic N) is 1. The van der Waals surface area contributed by atoms with E-state index in [2.05, 4.69) is 10.3 Å². The molecule has 1 unspecified atom stereocenters. The fraction of sp³-hybridized carbons (Fsp3) is 0.500. The van der Waals surface area contributed by atoms with Crippen LogP contribution in [0.1, 0.15) is 12.0 Å². The van der Waals surface area contributed by atoms with Crippen LogP contribution in [0, 0.1) is 5.82 Å². The van der Waals surface area contributed by atoms with Crippen molar-refractivity contribution in [1.82, 2.24) is 10.3 Å². The molecule has 1 aliphatic rings. The summed E-state index contributed by atoms with van der Waals surface area (Å²) < 4.78 is 35.2. The van der Waals surface area contributed by atoms with E-state index in [1.807, 2.05) is 0 Å². The van der Waals surface area contributed by atoms with Crippen LogP contribution in [0.2, 0.25) is 0 Å². The first-order chi connectivity index (χ1) is 7.55. The minimum absolute atomic E-state index is 0.0201. The van der Waals surface area contributed by atoms with E-state index in [-0.39, 0.29) is 23.4 Å². The number of hydrogen-bond donors (Lipinski definition) is 1. The number of aromatic nitrogens is 1. The molecule has 1 fully saturated rings. The summed E-state index contributed by atoms with van der Waals surface area (Å²) >= 11 is 0. The van der Waals surface area contributed by atoms with Crippen molar-refractivity contribution in [2.75, 3.05) is 11.5 Å². The van der Waals surface area contributed by atoms with Crippen molar-refractivity contribution in [3.05, 3.63) is 29.8 Å². The molecule has 2 heterocycles. The largest absolute Gasteiger partial charge is 0.309 e. The predicted octanol–water partition coefficient (Wildman–Crippen LogP) is 0.497. The molecule has 1 aromatic rings. The molecule has 1 N–H and O–H groups in total. The summed E-state index contributed by atoms with van der Waals surface area (Å²) in [4.78, 5) is 3.72. The van der Waals surface area contributed by atoms with Crippen LogP contribution < -0.4 is 5.32 Å². The molecular formula is C10H13FN2O2S. The lowest BCUT2D eigenvalue weighted by Crippen LogP contribution is -2.29. The van der Waals surface area contributed by atoms with Crippen LogP contribution in [-0.4, -0.2) is 30.9 Å². The van der Waals surface area contributed by atoms with Crippen molar-refractivity contribution in [3.8, 4) is 0 Å². The average Bonchev–Trinajstić information content (AvgIpc) is 2.56. The van der Waals surface area contributed by atoms with Gasteiger partial charge in [0.15, 0.2) is 9.84 Å². The van der Waals surface area contributed by atoms with Crippen molar-refractivity contribution in [2.24, 2.45) is 0 Å². The second kappa shape index (κ2) is 4.47. The first kappa shape index (κ1) is 11.5. The molecule has 88 valence electrons. The fourth-order valence-corrected chi connectivity index (χ4v) is 3.48. The molecule has 2 rings (SSSR count). The zero-order valence-electron chi connectivity index (χ0n) is 8.69. The smallest absolute Gasteiger partial charge is 0.151 e. The van der Waals surface area contributed by atoms with Crippen LogP contribution >= 0.6 is 0 Å². The van der Waals surface area contributed by atoms with Gasteiger partial charge in [0.25, 0.3) is 0 Å². The highest BCUT2D eigenvalue weighted by molar-refractivity contribution is 7.91. The molecule has 0 bridgehead atoms. The van der Waals surface area contributed by atoms with Crippen LogP contribution in [-0.2, 0) is 16.4 Å². The van der Waals surface area contributed by atoms with E-state index in [0.717, 1.165) is 11.8 Å². The van der Waals surface area contributed by atoms with E-state index in [0.29, 0.717) is 13.0 Å². The third kappa shape index (κ3) is 2.99. The van der Waals surface area contributed by atoms with Crippen LogP contribution in [0.25, 0.3) is 0 Å². The Morgan fingerprint density at radius 3 is 2.94 bits per heavy atom. The minimum atomic E-state index is -2.86. The number of halogens is 1. The summed E-state index contributed by atoms with van der Waals surface area (Å²) in [6.45, 7) is 0.449. The Morgan fingerprint density at radius 2 is 2.31 bits per heavy atom. The highest BCUT2D eigenvalue weighted by Crippen LogP contribution is 2.12. The van der Waals surface area contributed by atoms with Gasteiger partial charge in [0.05, 0.1) is 17.7 Å². The van der Waals surface area contributed by atoms with Gasteiger partial charge in [-0.25, -0.2) is 12.8 Å². The zero-order chi connectivity index (χ0) is 11.6. The second-order valence-corrected chi connectivity index (χ2v) is 6.22. The maximum atomic E-state index is 12.8. The van der Waals surface area contributed by atoms with E-state index >= 15 is 0 Å². The van der Waals surface area contributed by atoms with E-state index in [1.54, 1.807) is 6.20 Å². The number of hydrogen-bond acceptors (Lipinski definition) is 4. The molecule has 0 saturated carbocycles. The van der Waals surface area contributed by atoms with Gasteiger partial charge in [-0.2, -0.15) is 0 Å². The molecule has 0 aromatic carbocycles. The number of pyridine rings is 1. The van der Waals surface area contributed by atoms with Gasteiger partial charge in [0.1, 0.15) is 5.82 Å². The Morgan fingerprint density at radius 1 is 1.50 bits per heavy atom. The average molecular weight is 244 g/mol. The lowest BCUT2D eigenvalue weighted by molar-refractivity contribution is 0.549. The van der Waals surface area contributed by atoms with Crippen LogP contribution in [0.15, 0.2) is 18.5 Å². The predicted molar refractivity (Wildman–Crippen MR) is 58.1 cm³/mol. The van der Waals surface area contributed by atoms with Gasteiger partial charge in [-0.1, -0.05) is 0 Å². The first-order valence-electron chi connectivity index (χ1n) is 5.08. The van der Waals surface area contributed by atoms with Gasteiger partial charge in [-0.3, -0.25) is 4.98 Å². The molecule has 1 saturated heterocycles. The summed E-state index contributed by atoms with van der Waals surface area (Å²) in [6.07, 6.45) is 3.34. The minimum Gasteiger partial charge on any atom is -0.309 e. The lowest BCUT2D eigenvalue weighted by atomic mass is 10.2. The fourth-order valence-electron chi connectivity index (χ4n) is 1.77. The topological polar surface area (TPSA) is 59.1 Å². The van der Waals surface area contributed by atoms with Crippen molar-refractivity contribution in [1.29, 1.82) is 0 Å². The van der Waals surface area contributed by atoms with Crippen LogP contribution in [0.4, 0.5) is 4.39 Å². The van der Waals surface area contributed by atoms with Crippen molar-refractivity contribution in [3.63, 3.8) is 0 Å². The molecule has 4 nitrogen and oxygen atoms in total. The summed E-state index contributed by atoms with van der Waals surface area (Å²) in [5.41, 5.74) is 0.726. The highest BCUT2D eigenvalue weighted by atomic mass is 32.2.